The fourth-order valence-electron chi connectivity index (χ4n) is 7.29. The molecular formula is C39H49FN2O4. The third kappa shape index (κ3) is 9.03. The van der Waals surface area contributed by atoms with Crippen molar-refractivity contribution in [1.29, 1.82) is 0 Å². The molecule has 3 atom stereocenters. The van der Waals surface area contributed by atoms with E-state index in [4.69, 9.17) is 14.2 Å². The number of rotatable bonds is 12. The summed E-state index contributed by atoms with van der Waals surface area (Å²) in [6, 6.07) is 30.4. The zero-order valence-electron chi connectivity index (χ0n) is 27.0. The molecule has 1 amide bonds. The molecule has 2 heterocycles. The van der Waals surface area contributed by atoms with Crippen LogP contribution >= 0.6 is 0 Å². The number of ether oxygens (including phenoxy) is 3. The lowest BCUT2D eigenvalue weighted by Crippen LogP contribution is -2.61. The number of piperidine rings is 2. The van der Waals surface area contributed by atoms with Crippen LogP contribution < -0.4 is 0 Å². The van der Waals surface area contributed by atoms with Gasteiger partial charge < -0.3 is 19.1 Å². The highest BCUT2D eigenvalue weighted by atomic mass is 19.1. The summed E-state index contributed by atoms with van der Waals surface area (Å²) in [5, 5.41) is 0. The van der Waals surface area contributed by atoms with Gasteiger partial charge in [-0.2, -0.15) is 0 Å². The standard InChI is InChI=1S/C39H49FN2O4/c40-39(21-23-42(24-22-39)38(43)34-19-11-4-12-20-34)30-41-25-35(44-27-31-13-5-1-6-14-31)37(46-29-33-17-9-3-10-18-33)36(26-41)45-28-32-15-7-2-8-16-32/h1-3,5-10,13-18,34-37H,4,11-12,19-30H2/t35-,36+,37?. The Morgan fingerprint density at radius 3 is 1.61 bits per heavy atom. The van der Waals surface area contributed by atoms with Crippen molar-refractivity contribution >= 4 is 5.91 Å². The van der Waals surface area contributed by atoms with Crippen molar-refractivity contribution in [3.8, 4) is 0 Å². The van der Waals surface area contributed by atoms with Crippen molar-refractivity contribution in [2.45, 2.75) is 88.7 Å². The second-order valence-electron chi connectivity index (χ2n) is 13.4. The fourth-order valence-corrected chi connectivity index (χ4v) is 7.29. The number of benzene rings is 3. The van der Waals surface area contributed by atoms with Crippen LogP contribution in [0.4, 0.5) is 4.39 Å². The van der Waals surface area contributed by atoms with Crippen LogP contribution in [-0.2, 0) is 38.8 Å². The zero-order chi connectivity index (χ0) is 31.6. The topological polar surface area (TPSA) is 51.2 Å². The average Bonchev–Trinajstić information content (AvgIpc) is 3.11. The van der Waals surface area contributed by atoms with E-state index in [1.54, 1.807) is 0 Å². The lowest BCUT2D eigenvalue weighted by molar-refractivity contribution is -0.188. The highest BCUT2D eigenvalue weighted by molar-refractivity contribution is 5.79. The molecule has 3 aromatic rings. The molecule has 1 saturated carbocycles. The van der Waals surface area contributed by atoms with Crippen molar-refractivity contribution < 1.29 is 23.4 Å². The maximum Gasteiger partial charge on any atom is 0.225 e. The SMILES string of the molecule is O=C(C1CCCCC1)N1CCC(F)(CN2C[C@H](OCc3ccccc3)C(OCc3ccccc3)[C@H](OCc3ccccc3)C2)CC1. The first-order chi connectivity index (χ1) is 22.5. The van der Waals surface area contributed by atoms with E-state index in [2.05, 4.69) is 41.3 Å². The molecule has 1 unspecified atom stereocenters. The Labute approximate surface area is 273 Å². The third-order valence-electron chi connectivity index (χ3n) is 9.94. The highest BCUT2D eigenvalue weighted by Crippen LogP contribution is 2.33. The van der Waals surface area contributed by atoms with Gasteiger partial charge >= 0.3 is 0 Å². The van der Waals surface area contributed by atoms with Crippen LogP contribution in [0.25, 0.3) is 0 Å². The number of hydrogen-bond acceptors (Lipinski definition) is 5. The summed E-state index contributed by atoms with van der Waals surface area (Å²) < 4.78 is 36.4. The summed E-state index contributed by atoms with van der Waals surface area (Å²) in [6.07, 6.45) is 5.21. The molecule has 0 N–H and O–H groups in total. The first kappa shape index (κ1) is 32.8. The van der Waals surface area contributed by atoms with Gasteiger partial charge in [0.05, 0.1) is 32.0 Å². The smallest absolute Gasteiger partial charge is 0.225 e. The van der Waals surface area contributed by atoms with E-state index in [1.807, 2.05) is 59.5 Å². The molecule has 7 heteroatoms. The molecule has 3 fully saturated rings. The largest absolute Gasteiger partial charge is 0.369 e. The normalized spacial score (nSPS) is 24.1. The molecule has 246 valence electrons. The second kappa shape index (κ2) is 16.1. The Kier molecular flexibility index (Phi) is 11.5. The molecule has 3 aromatic carbocycles. The number of hydrogen-bond donors (Lipinski definition) is 0. The molecule has 0 aromatic heterocycles. The Balaban J connectivity index is 1.15. The number of amides is 1. The molecule has 6 nitrogen and oxygen atoms in total. The van der Waals surface area contributed by atoms with Gasteiger partial charge in [0.2, 0.25) is 5.91 Å². The number of carbonyl (C=O) groups is 1. The lowest BCUT2D eigenvalue weighted by atomic mass is 9.86. The molecule has 2 saturated heterocycles. The van der Waals surface area contributed by atoms with Crippen LogP contribution in [0.2, 0.25) is 0 Å². The molecule has 1 aliphatic carbocycles. The Hall–Kier alpha value is -3.10. The molecular weight excluding hydrogens is 579 g/mol. The summed E-state index contributed by atoms with van der Waals surface area (Å²) >= 11 is 0. The van der Waals surface area contributed by atoms with Crippen LogP contribution in [-0.4, -0.2) is 72.4 Å². The van der Waals surface area contributed by atoms with Crippen molar-refractivity contribution in [3.05, 3.63) is 108 Å². The number of likely N-dealkylation sites (tertiary alicyclic amines) is 2. The van der Waals surface area contributed by atoms with E-state index in [1.165, 1.54) is 6.42 Å². The zero-order valence-corrected chi connectivity index (χ0v) is 27.0. The van der Waals surface area contributed by atoms with Gasteiger partial charge in [0.15, 0.2) is 0 Å². The van der Waals surface area contributed by atoms with E-state index >= 15 is 4.39 Å². The monoisotopic (exact) mass is 628 g/mol. The molecule has 2 aliphatic heterocycles. The van der Waals surface area contributed by atoms with Gasteiger partial charge in [0, 0.05) is 51.5 Å². The van der Waals surface area contributed by atoms with Crippen LogP contribution in [0.1, 0.15) is 61.6 Å². The van der Waals surface area contributed by atoms with E-state index in [9.17, 15) is 4.79 Å². The van der Waals surface area contributed by atoms with Gasteiger partial charge in [-0.05, 0) is 29.5 Å². The lowest BCUT2D eigenvalue weighted by Gasteiger charge is -2.46. The minimum absolute atomic E-state index is 0.126. The Bertz CT molecular complexity index is 1280. The van der Waals surface area contributed by atoms with E-state index in [0.717, 1.165) is 42.4 Å². The first-order valence-electron chi connectivity index (χ1n) is 17.2. The Morgan fingerprint density at radius 1 is 0.674 bits per heavy atom. The fraction of sp³-hybridized carbons (Fsp3) is 0.513. The molecule has 0 bridgehead atoms. The maximum atomic E-state index is 16.6. The Morgan fingerprint density at radius 2 is 1.13 bits per heavy atom. The van der Waals surface area contributed by atoms with Crippen LogP contribution in [0.15, 0.2) is 91.0 Å². The predicted octanol–water partition coefficient (Wildman–Crippen LogP) is 6.97. The van der Waals surface area contributed by atoms with Crippen LogP contribution in [0.5, 0.6) is 0 Å². The molecule has 46 heavy (non-hydrogen) atoms. The van der Waals surface area contributed by atoms with Gasteiger partial charge in [0.25, 0.3) is 0 Å². The molecule has 3 aliphatic rings. The number of nitrogens with zero attached hydrogens (tertiary/aromatic N) is 2. The van der Waals surface area contributed by atoms with Crippen molar-refractivity contribution in [1.82, 2.24) is 9.80 Å². The van der Waals surface area contributed by atoms with Crippen molar-refractivity contribution in [2.24, 2.45) is 5.92 Å². The summed E-state index contributed by atoms with van der Waals surface area (Å²) in [7, 11) is 0. The van der Waals surface area contributed by atoms with Crippen molar-refractivity contribution in [3.63, 3.8) is 0 Å². The number of carbonyl (C=O) groups excluding carboxylic acids is 1. The van der Waals surface area contributed by atoms with Crippen molar-refractivity contribution in [2.75, 3.05) is 32.7 Å². The summed E-state index contributed by atoms with van der Waals surface area (Å²) in [4.78, 5) is 17.3. The van der Waals surface area contributed by atoms with Crippen LogP contribution in [0, 0.1) is 5.92 Å². The third-order valence-corrected chi connectivity index (χ3v) is 9.94. The van der Waals surface area contributed by atoms with Gasteiger partial charge in [-0.1, -0.05) is 110 Å². The van der Waals surface area contributed by atoms with Gasteiger partial charge in [0.1, 0.15) is 11.8 Å². The maximum absolute atomic E-state index is 16.6. The van der Waals surface area contributed by atoms with E-state index in [0.29, 0.717) is 65.4 Å². The van der Waals surface area contributed by atoms with E-state index in [-0.39, 0.29) is 30.1 Å². The number of halogens is 1. The van der Waals surface area contributed by atoms with Gasteiger partial charge in [-0.25, -0.2) is 4.39 Å². The highest BCUT2D eigenvalue weighted by Gasteiger charge is 2.44. The second-order valence-corrected chi connectivity index (χ2v) is 13.4. The summed E-state index contributed by atoms with van der Waals surface area (Å²) in [5.41, 5.74) is 1.89. The predicted molar refractivity (Wildman–Crippen MR) is 178 cm³/mol. The first-order valence-corrected chi connectivity index (χ1v) is 17.2. The minimum atomic E-state index is -1.37. The quantitative estimate of drug-likeness (QED) is 0.217. The molecule has 6 rings (SSSR count). The summed E-state index contributed by atoms with van der Waals surface area (Å²) in [5.74, 6) is 0.364. The number of alkyl halides is 1. The average molecular weight is 629 g/mol. The minimum Gasteiger partial charge on any atom is -0.369 e. The molecule has 0 spiro atoms. The van der Waals surface area contributed by atoms with Gasteiger partial charge in [-0.15, -0.1) is 0 Å². The van der Waals surface area contributed by atoms with E-state index < -0.39 is 5.67 Å². The molecule has 0 radical (unpaired) electrons. The van der Waals surface area contributed by atoms with Gasteiger partial charge in [-0.3, -0.25) is 9.69 Å². The van der Waals surface area contributed by atoms with Crippen LogP contribution in [0.3, 0.4) is 0 Å². The summed E-state index contributed by atoms with van der Waals surface area (Å²) in [6.45, 7) is 3.69.